The second kappa shape index (κ2) is 15.0. The zero-order valence-electron chi connectivity index (χ0n) is 25.0. The number of nitrogens with zero attached hydrogens (tertiary/aromatic N) is 2. The quantitative estimate of drug-likeness (QED) is 0.163. The number of piperidine rings is 1. The summed E-state index contributed by atoms with van der Waals surface area (Å²) in [5.74, 6) is 2.34. The lowest BCUT2D eigenvalue weighted by molar-refractivity contribution is 0.0952. The van der Waals surface area contributed by atoms with Crippen molar-refractivity contribution < 1.29 is 14.3 Å². The van der Waals surface area contributed by atoms with Crippen LogP contribution in [0.15, 0.2) is 72.9 Å². The summed E-state index contributed by atoms with van der Waals surface area (Å²) in [6.07, 6.45) is 6.51. The Balaban J connectivity index is 1.18. The van der Waals surface area contributed by atoms with Gasteiger partial charge in [0.2, 0.25) is 0 Å². The number of ether oxygens (including phenoxy) is 2. The minimum absolute atomic E-state index is 0.0280. The smallest absolute Gasteiger partial charge is 0.253 e. The number of carbonyl (C=O) groups excluding carboxylic acids is 1. The molecule has 1 aromatic heterocycles. The standard InChI is InChI=1S/C35H41Cl2N3O3/c1-25(2)43-33-11-6-10-29-30(35(41)38-23-27-12-13-31(36)32(37)22-27)24-40(34(29)33)18-7-17-39-19-14-26(15-20-39)16-21-42-28-8-4-3-5-9-28/h3-6,8-13,22,24-26H,7,14-21,23H2,1-2H3,(H,38,41). The molecular weight excluding hydrogens is 581 g/mol. The van der Waals surface area contributed by atoms with Crippen molar-refractivity contribution >= 4 is 40.0 Å². The van der Waals surface area contributed by atoms with E-state index in [4.69, 9.17) is 32.7 Å². The molecule has 1 aliphatic rings. The largest absolute Gasteiger partial charge is 0.494 e. The van der Waals surface area contributed by atoms with Gasteiger partial charge in [0.15, 0.2) is 0 Å². The van der Waals surface area contributed by atoms with Crippen LogP contribution in [0.1, 0.15) is 55.5 Å². The molecule has 4 aromatic rings. The van der Waals surface area contributed by atoms with Gasteiger partial charge in [0.05, 0.1) is 33.8 Å². The van der Waals surface area contributed by atoms with Gasteiger partial charge < -0.3 is 24.3 Å². The van der Waals surface area contributed by atoms with Crippen LogP contribution in [0, 0.1) is 5.92 Å². The lowest BCUT2D eigenvalue weighted by Gasteiger charge is -2.32. The topological polar surface area (TPSA) is 55.7 Å². The highest BCUT2D eigenvalue weighted by Gasteiger charge is 2.21. The number of hydrogen-bond donors (Lipinski definition) is 1. The monoisotopic (exact) mass is 621 g/mol. The van der Waals surface area contributed by atoms with Crippen LogP contribution in [0.4, 0.5) is 0 Å². The van der Waals surface area contributed by atoms with E-state index in [1.165, 1.54) is 12.8 Å². The molecule has 6 nitrogen and oxygen atoms in total. The highest BCUT2D eigenvalue weighted by Crippen LogP contribution is 2.32. The number of amides is 1. The normalized spacial score (nSPS) is 14.3. The van der Waals surface area contributed by atoms with Crippen molar-refractivity contribution in [2.75, 3.05) is 26.2 Å². The number of para-hydroxylation sites is 2. The number of nitrogens with one attached hydrogen (secondary N) is 1. The summed E-state index contributed by atoms with van der Waals surface area (Å²) in [7, 11) is 0. The molecule has 0 spiro atoms. The second-order valence-electron chi connectivity index (χ2n) is 11.6. The van der Waals surface area contributed by atoms with Gasteiger partial charge in [-0.2, -0.15) is 0 Å². The SMILES string of the molecule is CC(C)Oc1cccc2c(C(=O)NCc3ccc(Cl)c(Cl)c3)cn(CCCN3CCC(CCOc4ccccc4)CC3)c12. The van der Waals surface area contributed by atoms with Crippen LogP contribution >= 0.6 is 23.2 Å². The maximum absolute atomic E-state index is 13.4. The number of benzene rings is 3. The molecule has 1 saturated heterocycles. The van der Waals surface area contributed by atoms with Crippen LogP contribution < -0.4 is 14.8 Å². The molecule has 0 radical (unpaired) electrons. The van der Waals surface area contributed by atoms with Gasteiger partial charge in [0.1, 0.15) is 11.5 Å². The van der Waals surface area contributed by atoms with E-state index < -0.39 is 0 Å². The van der Waals surface area contributed by atoms with Crippen molar-refractivity contribution in [3.05, 3.63) is 94.1 Å². The summed E-state index contributed by atoms with van der Waals surface area (Å²) in [5, 5.41) is 4.91. The Bertz CT molecular complexity index is 1500. The lowest BCUT2D eigenvalue weighted by atomic mass is 9.94. The number of likely N-dealkylation sites (tertiary alicyclic amines) is 1. The highest BCUT2D eigenvalue weighted by atomic mass is 35.5. The zero-order chi connectivity index (χ0) is 30.2. The van der Waals surface area contributed by atoms with Crippen molar-refractivity contribution in [3.8, 4) is 11.5 Å². The Labute approximate surface area is 264 Å². The number of hydrogen-bond acceptors (Lipinski definition) is 4. The molecule has 1 aliphatic heterocycles. The molecule has 2 heterocycles. The molecule has 0 aliphatic carbocycles. The second-order valence-corrected chi connectivity index (χ2v) is 12.4. The minimum Gasteiger partial charge on any atom is -0.494 e. The average molecular weight is 623 g/mol. The predicted molar refractivity (Wildman–Crippen MR) is 176 cm³/mol. The fourth-order valence-electron chi connectivity index (χ4n) is 5.78. The zero-order valence-corrected chi connectivity index (χ0v) is 26.5. The van der Waals surface area contributed by atoms with Crippen LogP contribution in [0.5, 0.6) is 11.5 Å². The summed E-state index contributed by atoms with van der Waals surface area (Å²) in [6.45, 7) is 9.25. The van der Waals surface area contributed by atoms with E-state index in [0.29, 0.717) is 28.1 Å². The number of fused-ring (bicyclic) bond motifs is 1. The Morgan fingerprint density at radius 3 is 2.51 bits per heavy atom. The third-order valence-corrected chi connectivity index (χ3v) is 8.76. The molecule has 8 heteroatoms. The summed E-state index contributed by atoms with van der Waals surface area (Å²) < 4.78 is 14.3. The molecule has 1 N–H and O–H groups in total. The highest BCUT2D eigenvalue weighted by molar-refractivity contribution is 6.42. The number of rotatable bonds is 13. The minimum atomic E-state index is -0.130. The lowest BCUT2D eigenvalue weighted by Crippen LogP contribution is -2.35. The van der Waals surface area contributed by atoms with Crippen LogP contribution in [0.25, 0.3) is 10.9 Å². The van der Waals surface area contributed by atoms with Gasteiger partial charge in [-0.3, -0.25) is 4.79 Å². The Morgan fingerprint density at radius 2 is 1.77 bits per heavy atom. The molecule has 228 valence electrons. The fraction of sp³-hybridized carbons (Fsp3) is 0.400. The Morgan fingerprint density at radius 1 is 0.977 bits per heavy atom. The first-order chi connectivity index (χ1) is 20.9. The molecule has 0 unspecified atom stereocenters. The van der Waals surface area contributed by atoms with E-state index in [1.54, 1.807) is 12.1 Å². The molecule has 0 atom stereocenters. The van der Waals surface area contributed by atoms with Crippen molar-refractivity contribution in [2.24, 2.45) is 5.92 Å². The molecule has 3 aromatic carbocycles. The fourth-order valence-corrected chi connectivity index (χ4v) is 6.10. The van der Waals surface area contributed by atoms with Crippen molar-refractivity contribution in [2.45, 2.75) is 58.7 Å². The van der Waals surface area contributed by atoms with E-state index >= 15 is 0 Å². The van der Waals surface area contributed by atoms with Crippen molar-refractivity contribution in [1.29, 1.82) is 0 Å². The van der Waals surface area contributed by atoms with E-state index in [2.05, 4.69) is 14.8 Å². The van der Waals surface area contributed by atoms with Gasteiger partial charge in [0, 0.05) is 24.7 Å². The predicted octanol–water partition coefficient (Wildman–Crippen LogP) is 8.24. The van der Waals surface area contributed by atoms with E-state index in [0.717, 1.165) is 73.6 Å². The van der Waals surface area contributed by atoms with Crippen LogP contribution in [-0.2, 0) is 13.1 Å². The van der Waals surface area contributed by atoms with Gasteiger partial charge in [-0.15, -0.1) is 0 Å². The number of aromatic nitrogens is 1. The van der Waals surface area contributed by atoms with Gasteiger partial charge in [-0.05, 0) is 101 Å². The van der Waals surface area contributed by atoms with Crippen molar-refractivity contribution in [3.63, 3.8) is 0 Å². The number of aryl methyl sites for hydroxylation is 1. The average Bonchev–Trinajstić information content (AvgIpc) is 3.38. The molecule has 0 bridgehead atoms. The van der Waals surface area contributed by atoms with Gasteiger partial charge in [-0.1, -0.05) is 59.6 Å². The number of carbonyl (C=O) groups is 1. The van der Waals surface area contributed by atoms with Crippen molar-refractivity contribution in [1.82, 2.24) is 14.8 Å². The molecule has 0 saturated carbocycles. The van der Waals surface area contributed by atoms with Gasteiger partial charge >= 0.3 is 0 Å². The van der Waals surface area contributed by atoms with Gasteiger partial charge in [-0.25, -0.2) is 0 Å². The maximum atomic E-state index is 13.4. The first kappa shape index (κ1) is 31.2. The summed E-state index contributed by atoms with van der Waals surface area (Å²) >= 11 is 12.2. The maximum Gasteiger partial charge on any atom is 0.253 e. The van der Waals surface area contributed by atoms with E-state index in [1.807, 2.05) is 74.6 Å². The number of halogens is 2. The summed E-state index contributed by atoms with van der Waals surface area (Å²) in [5.41, 5.74) is 2.50. The molecular formula is C35H41Cl2N3O3. The van der Waals surface area contributed by atoms with Crippen LogP contribution in [0.2, 0.25) is 10.0 Å². The van der Waals surface area contributed by atoms with E-state index in [-0.39, 0.29) is 12.0 Å². The third kappa shape index (κ3) is 8.47. The Kier molecular flexibility index (Phi) is 10.9. The summed E-state index contributed by atoms with van der Waals surface area (Å²) in [6, 6.07) is 21.4. The molecule has 5 rings (SSSR count). The molecule has 1 fully saturated rings. The molecule has 1 amide bonds. The van der Waals surface area contributed by atoms with Crippen LogP contribution in [-0.4, -0.2) is 47.7 Å². The summed E-state index contributed by atoms with van der Waals surface area (Å²) in [4.78, 5) is 16.0. The van der Waals surface area contributed by atoms with E-state index in [9.17, 15) is 4.79 Å². The first-order valence-corrected chi connectivity index (χ1v) is 16.0. The van der Waals surface area contributed by atoms with Crippen LogP contribution in [0.3, 0.4) is 0 Å². The molecule has 43 heavy (non-hydrogen) atoms. The Hall–Kier alpha value is -3.19. The third-order valence-electron chi connectivity index (χ3n) is 8.02. The van der Waals surface area contributed by atoms with Gasteiger partial charge in [0.25, 0.3) is 5.91 Å². The first-order valence-electron chi connectivity index (χ1n) is 15.3.